The number of nitrogens with zero attached hydrogens (tertiary/aromatic N) is 3. The Labute approximate surface area is 136 Å². The molecule has 0 radical (unpaired) electrons. The molecule has 0 spiro atoms. The van der Waals surface area contributed by atoms with Gasteiger partial charge >= 0.3 is 0 Å². The lowest BCUT2D eigenvalue weighted by Crippen LogP contribution is -1.97. The maximum atomic E-state index is 4.68. The number of aryl methyl sites for hydroxylation is 2. The summed E-state index contributed by atoms with van der Waals surface area (Å²) in [6.07, 6.45) is 2.05. The van der Waals surface area contributed by atoms with Gasteiger partial charge in [-0.1, -0.05) is 36.4 Å². The van der Waals surface area contributed by atoms with Crippen molar-refractivity contribution in [2.24, 2.45) is 0 Å². The van der Waals surface area contributed by atoms with Gasteiger partial charge in [-0.25, -0.2) is 9.97 Å². The summed E-state index contributed by atoms with van der Waals surface area (Å²) in [6.45, 7) is 4.05. The number of aromatic nitrogens is 3. The molecule has 0 aliphatic carbocycles. The highest BCUT2D eigenvalue weighted by molar-refractivity contribution is 9.10. The van der Waals surface area contributed by atoms with E-state index in [1.807, 2.05) is 17.5 Å². The Morgan fingerprint density at radius 1 is 0.955 bits per heavy atom. The highest BCUT2D eigenvalue weighted by Crippen LogP contribution is 2.26. The highest BCUT2D eigenvalue weighted by atomic mass is 79.9. The fourth-order valence-electron chi connectivity index (χ4n) is 2.75. The maximum Gasteiger partial charge on any atom is 0.234 e. The second kappa shape index (κ2) is 4.92. The van der Waals surface area contributed by atoms with Gasteiger partial charge in [0.15, 0.2) is 0 Å². The summed E-state index contributed by atoms with van der Waals surface area (Å²) >= 11 is 3.59. The summed E-state index contributed by atoms with van der Waals surface area (Å²) in [6, 6.07) is 14.8. The molecule has 0 aliphatic heterocycles. The lowest BCUT2D eigenvalue weighted by Gasteiger charge is -2.04. The van der Waals surface area contributed by atoms with Crippen LogP contribution in [0.3, 0.4) is 0 Å². The number of imidazole rings is 1. The van der Waals surface area contributed by atoms with Crippen LogP contribution >= 0.6 is 15.9 Å². The van der Waals surface area contributed by atoms with E-state index in [2.05, 4.69) is 75.3 Å². The van der Waals surface area contributed by atoms with Gasteiger partial charge in [-0.3, -0.25) is 4.40 Å². The molecule has 0 unspecified atom stereocenters. The van der Waals surface area contributed by atoms with Gasteiger partial charge in [0, 0.05) is 17.5 Å². The van der Waals surface area contributed by atoms with Crippen molar-refractivity contribution in [1.29, 1.82) is 0 Å². The van der Waals surface area contributed by atoms with E-state index in [0.29, 0.717) is 0 Å². The molecule has 0 saturated heterocycles. The minimum atomic E-state index is 0.737. The second-order valence-corrected chi connectivity index (χ2v) is 6.25. The van der Waals surface area contributed by atoms with Crippen LogP contribution in [0.5, 0.6) is 0 Å². The largest absolute Gasteiger partial charge is 0.287 e. The van der Waals surface area contributed by atoms with Crippen LogP contribution < -0.4 is 0 Å². The van der Waals surface area contributed by atoms with E-state index in [4.69, 9.17) is 0 Å². The Kier molecular flexibility index (Phi) is 3.01. The molecule has 2 aromatic carbocycles. The van der Waals surface area contributed by atoms with Crippen molar-refractivity contribution in [2.75, 3.05) is 0 Å². The first kappa shape index (κ1) is 13.5. The van der Waals surface area contributed by atoms with Gasteiger partial charge in [0.2, 0.25) is 5.78 Å². The van der Waals surface area contributed by atoms with Gasteiger partial charge in [-0.05, 0) is 46.6 Å². The van der Waals surface area contributed by atoms with Crippen molar-refractivity contribution >= 4 is 32.5 Å². The summed E-state index contributed by atoms with van der Waals surface area (Å²) in [7, 11) is 0. The van der Waals surface area contributed by atoms with Crippen molar-refractivity contribution in [3.63, 3.8) is 0 Å². The van der Waals surface area contributed by atoms with Crippen LogP contribution in [0, 0.1) is 13.8 Å². The number of rotatable bonds is 1. The minimum absolute atomic E-state index is 0.737. The molecule has 4 heteroatoms. The van der Waals surface area contributed by atoms with E-state index in [1.165, 1.54) is 10.8 Å². The third-order valence-corrected chi connectivity index (χ3v) is 5.14. The average molecular weight is 352 g/mol. The van der Waals surface area contributed by atoms with Crippen LogP contribution in [0.1, 0.15) is 11.4 Å². The molecule has 0 aliphatic rings. The zero-order valence-corrected chi connectivity index (χ0v) is 13.9. The van der Waals surface area contributed by atoms with E-state index in [0.717, 1.165) is 32.9 Å². The average Bonchev–Trinajstić information content (AvgIpc) is 2.96. The Morgan fingerprint density at radius 2 is 1.73 bits per heavy atom. The molecular weight excluding hydrogens is 338 g/mol. The number of halogens is 1. The third-order valence-electron chi connectivity index (χ3n) is 4.00. The molecule has 2 heterocycles. The quantitative estimate of drug-likeness (QED) is 0.486. The summed E-state index contributed by atoms with van der Waals surface area (Å²) in [5, 5.41) is 2.46. The van der Waals surface area contributed by atoms with E-state index in [9.17, 15) is 0 Å². The van der Waals surface area contributed by atoms with Crippen LogP contribution in [0.4, 0.5) is 0 Å². The van der Waals surface area contributed by atoms with Gasteiger partial charge < -0.3 is 0 Å². The van der Waals surface area contributed by atoms with Gasteiger partial charge in [0.05, 0.1) is 15.9 Å². The normalized spacial score (nSPS) is 11.4. The first-order valence-electron chi connectivity index (χ1n) is 7.14. The lowest BCUT2D eigenvalue weighted by molar-refractivity contribution is 0.996. The van der Waals surface area contributed by atoms with Gasteiger partial charge in [-0.2, -0.15) is 0 Å². The summed E-state index contributed by atoms with van der Waals surface area (Å²) < 4.78 is 3.06. The van der Waals surface area contributed by atoms with E-state index in [-0.39, 0.29) is 0 Å². The molecule has 3 nitrogen and oxygen atoms in total. The first-order valence-corrected chi connectivity index (χ1v) is 7.94. The molecule has 0 atom stereocenters. The zero-order chi connectivity index (χ0) is 15.3. The van der Waals surface area contributed by atoms with Crippen LogP contribution in [0.15, 0.2) is 53.1 Å². The van der Waals surface area contributed by atoms with Gasteiger partial charge in [0.25, 0.3) is 0 Å². The molecule has 22 heavy (non-hydrogen) atoms. The van der Waals surface area contributed by atoms with E-state index < -0.39 is 0 Å². The van der Waals surface area contributed by atoms with Crippen LogP contribution in [0.2, 0.25) is 0 Å². The highest BCUT2D eigenvalue weighted by Gasteiger charge is 2.11. The smallest absolute Gasteiger partial charge is 0.234 e. The maximum absolute atomic E-state index is 4.68. The van der Waals surface area contributed by atoms with Crippen LogP contribution in [0.25, 0.3) is 27.8 Å². The van der Waals surface area contributed by atoms with Crippen molar-refractivity contribution in [3.8, 4) is 11.3 Å². The standard InChI is InChI=1S/C18H14BrN3/c1-11-17(19)12(2)22-10-16(21-18(22)20-11)15-8-7-13-5-3-4-6-14(13)9-15/h3-10H,1-2H3. The molecule has 0 fully saturated rings. The molecular formula is C18H14BrN3. The van der Waals surface area contributed by atoms with E-state index >= 15 is 0 Å². The van der Waals surface area contributed by atoms with Crippen molar-refractivity contribution < 1.29 is 0 Å². The predicted octanol–water partition coefficient (Wildman–Crippen LogP) is 4.93. The molecule has 4 aromatic rings. The topological polar surface area (TPSA) is 30.2 Å². The SMILES string of the molecule is Cc1nc2nc(-c3ccc4ccccc4c3)cn2c(C)c1Br. The Balaban J connectivity index is 1.94. The predicted molar refractivity (Wildman–Crippen MR) is 93.1 cm³/mol. The molecule has 4 rings (SSSR count). The Morgan fingerprint density at radius 3 is 2.55 bits per heavy atom. The van der Waals surface area contributed by atoms with Crippen LogP contribution in [-0.2, 0) is 0 Å². The van der Waals surface area contributed by atoms with Gasteiger partial charge in [0.1, 0.15) is 0 Å². The molecule has 0 bridgehead atoms. The third kappa shape index (κ3) is 2.03. The van der Waals surface area contributed by atoms with Crippen LogP contribution in [-0.4, -0.2) is 14.4 Å². The lowest BCUT2D eigenvalue weighted by atomic mass is 10.1. The molecule has 0 amide bonds. The van der Waals surface area contributed by atoms with Gasteiger partial charge in [-0.15, -0.1) is 0 Å². The zero-order valence-electron chi connectivity index (χ0n) is 12.3. The molecule has 108 valence electrons. The fourth-order valence-corrected chi connectivity index (χ4v) is 3.03. The van der Waals surface area contributed by atoms with Crippen molar-refractivity contribution in [3.05, 3.63) is 64.5 Å². The molecule has 2 aromatic heterocycles. The fraction of sp³-hybridized carbons (Fsp3) is 0.111. The first-order chi connectivity index (χ1) is 10.6. The Hall–Kier alpha value is -2.20. The van der Waals surface area contributed by atoms with Crippen molar-refractivity contribution in [2.45, 2.75) is 13.8 Å². The molecule has 0 saturated carbocycles. The van der Waals surface area contributed by atoms with E-state index in [1.54, 1.807) is 0 Å². The Bertz CT molecular complexity index is 1020. The summed E-state index contributed by atoms with van der Waals surface area (Å²) in [4.78, 5) is 9.23. The van der Waals surface area contributed by atoms with Crippen molar-refractivity contribution in [1.82, 2.24) is 14.4 Å². The summed E-state index contributed by atoms with van der Waals surface area (Å²) in [5.41, 5.74) is 4.12. The number of benzene rings is 2. The monoisotopic (exact) mass is 351 g/mol. The number of fused-ring (bicyclic) bond motifs is 2. The second-order valence-electron chi connectivity index (χ2n) is 5.45. The number of hydrogen-bond acceptors (Lipinski definition) is 2. The minimum Gasteiger partial charge on any atom is -0.287 e. The molecule has 0 N–H and O–H groups in total. The number of hydrogen-bond donors (Lipinski definition) is 0. The summed E-state index contributed by atoms with van der Waals surface area (Å²) in [5.74, 6) is 0.737.